The first kappa shape index (κ1) is 34.1. The summed E-state index contributed by atoms with van der Waals surface area (Å²) in [5, 5.41) is 4.02. The van der Waals surface area contributed by atoms with E-state index in [0.717, 1.165) is 85.6 Å². The van der Waals surface area contributed by atoms with Gasteiger partial charge in [0, 0.05) is 57.8 Å². The SMILES string of the molecule is CCc1c2[nH]c(c1C)/C=C1/C=CC(=N1)/C(c1ccc(C(=O)OCC[Si](C)(C)C)cc1)=c1/cc/c([nH]1)=C/c1[nH]c(c(CC)c1C)/C=c1/cc/c([nH]1)=C/2. The maximum Gasteiger partial charge on any atom is 0.338 e. The van der Waals surface area contributed by atoms with E-state index in [2.05, 4.69) is 128 Å². The first-order valence-corrected chi connectivity index (χ1v) is 21.7. The maximum absolute atomic E-state index is 12.9. The summed E-state index contributed by atoms with van der Waals surface area (Å²) in [6.45, 7) is 16.1. The predicted octanol–water partition coefficient (Wildman–Crippen LogP) is 6.29. The van der Waals surface area contributed by atoms with E-state index in [1.807, 2.05) is 24.3 Å². The number of H-pyrrole nitrogens is 4. The van der Waals surface area contributed by atoms with Crippen molar-refractivity contribution in [1.82, 2.24) is 19.9 Å². The third-order valence-electron chi connectivity index (χ3n) is 9.92. The number of carbonyl (C=O) groups excluding carboxylic acids is 1. The minimum atomic E-state index is -1.30. The molecule has 0 radical (unpaired) electrons. The van der Waals surface area contributed by atoms with Crippen LogP contribution in [0, 0.1) is 13.8 Å². The van der Waals surface area contributed by atoms with Gasteiger partial charge in [0.2, 0.25) is 0 Å². The minimum absolute atomic E-state index is 0.286. The molecule has 8 heteroatoms. The Morgan fingerprint density at radius 3 is 1.86 bits per heavy atom. The van der Waals surface area contributed by atoms with E-state index in [0.29, 0.717) is 12.2 Å². The predicted molar refractivity (Wildman–Crippen MR) is 213 cm³/mol. The molecule has 10 bridgehead atoms. The molecule has 0 atom stereocenters. The molecular formula is C43H47N5O2Si. The van der Waals surface area contributed by atoms with Crippen LogP contribution in [0.2, 0.25) is 25.7 Å². The lowest BCUT2D eigenvalue weighted by Gasteiger charge is -2.15. The number of hydrogen-bond acceptors (Lipinski definition) is 3. The second-order valence-corrected chi connectivity index (χ2v) is 20.4. The van der Waals surface area contributed by atoms with Crippen molar-refractivity contribution in [1.29, 1.82) is 0 Å². The molecule has 0 amide bonds. The Hall–Kier alpha value is -5.34. The second-order valence-electron chi connectivity index (χ2n) is 14.7. The number of hydrogen-bond donors (Lipinski definition) is 4. The average Bonchev–Trinajstić information content (AvgIpc) is 3.93. The zero-order valence-electron chi connectivity index (χ0n) is 30.7. The van der Waals surface area contributed by atoms with Crippen molar-refractivity contribution < 1.29 is 9.53 Å². The Balaban J connectivity index is 1.39. The van der Waals surface area contributed by atoms with Gasteiger partial charge in [-0.3, -0.25) is 0 Å². The maximum atomic E-state index is 12.9. The number of fused-ring (bicyclic) bond motifs is 9. The molecule has 0 unspecified atom stereocenters. The highest BCUT2D eigenvalue weighted by Crippen LogP contribution is 2.26. The third kappa shape index (κ3) is 7.14. The highest BCUT2D eigenvalue weighted by atomic mass is 28.3. The van der Waals surface area contributed by atoms with E-state index < -0.39 is 8.07 Å². The van der Waals surface area contributed by atoms with Crippen molar-refractivity contribution in [2.45, 2.75) is 66.2 Å². The van der Waals surface area contributed by atoms with Crippen LogP contribution in [0.4, 0.5) is 0 Å². The van der Waals surface area contributed by atoms with Gasteiger partial charge < -0.3 is 24.7 Å². The molecule has 7 nitrogen and oxygen atoms in total. The first-order valence-electron chi connectivity index (χ1n) is 18.0. The van der Waals surface area contributed by atoms with E-state index in [1.54, 1.807) is 0 Å². The number of rotatable bonds is 7. The molecule has 4 aromatic heterocycles. The third-order valence-corrected chi connectivity index (χ3v) is 11.6. The van der Waals surface area contributed by atoms with Crippen molar-refractivity contribution >= 4 is 49.6 Å². The van der Waals surface area contributed by atoms with Crippen LogP contribution in [-0.4, -0.2) is 46.3 Å². The molecule has 0 saturated carbocycles. The van der Waals surface area contributed by atoms with E-state index in [4.69, 9.17) is 9.73 Å². The Morgan fingerprint density at radius 2 is 1.25 bits per heavy atom. The molecule has 4 N–H and O–H groups in total. The van der Waals surface area contributed by atoms with Gasteiger partial charge in [-0.2, -0.15) is 0 Å². The number of aliphatic imine (C=N–C) groups is 1. The number of benzene rings is 1. The number of ether oxygens (including phenoxy) is 1. The van der Waals surface area contributed by atoms with Gasteiger partial charge in [0.25, 0.3) is 0 Å². The molecule has 0 saturated heterocycles. The molecule has 0 spiro atoms. The highest BCUT2D eigenvalue weighted by molar-refractivity contribution is 6.76. The van der Waals surface area contributed by atoms with Gasteiger partial charge in [-0.15, -0.1) is 0 Å². The fourth-order valence-corrected chi connectivity index (χ4v) is 7.72. The van der Waals surface area contributed by atoms with E-state index in [1.165, 1.54) is 22.3 Å². The van der Waals surface area contributed by atoms with Crippen molar-refractivity contribution in [2.24, 2.45) is 4.99 Å². The lowest BCUT2D eigenvalue weighted by molar-refractivity contribution is 0.0525. The van der Waals surface area contributed by atoms with Gasteiger partial charge in [0.15, 0.2) is 0 Å². The van der Waals surface area contributed by atoms with Crippen LogP contribution in [0.15, 0.2) is 71.4 Å². The van der Waals surface area contributed by atoms with Gasteiger partial charge in [0.05, 0.1) is 23.6 Å². The number of esters is 1. The standard InChI is InChI=1S/C43H47N5O2Si/c1-8-34-26(3)38-22-32-16-18-36(45-32)42(28-10-12-29(13-11-28)43(49)50-20-21-51(5,6)7)37-19-17-33(46-37)23-39-27(4)35(9-2)41(48-39)25-31-15-14-30(44-31)24-40(34)47-38/h10-19,22-25,44-45,47-48H,8-9,20-21H2,1-7H3/b30-24-,31-25-,32-22-,33-23-,38-22?,39-23?,40-24?,41-25?,42-36-,42-37?. The molecule has 260 valence electrons. The van der Waals surface area contributed by atoms with Gasteiger partial charge in [-0.25, -0.2) is 9.79 Å². The van der Waals surface area contributed by atoms with E-state index in [9.17, 15) is 4.79 Å². The van der Waals surface area contributed by atoms with Crippen molar-refractivity contribution in [3.63, 3.8) is 0 Å². The van der Waals surface area contributed by atoms with Crippen molar-refractivity contribution in [3.05, 3.63) is 144 Å². The molecule has 7 rings (SSSR count). The summed E-state index contributed by atoms with van der Waals surface area (Å²) in [7, 11) is -1.30. The van der Waals surface area contributed by atoms with Crippen LogP contribution in [0.3, 0.4) is 0 Å². The number of nitrogens with one attached hydrogen (secondary N) is 4. The lowest BCUT2D eigenvalue weighted by atomic mass is 9.99. The minimum Gasteiger partial charge on any atom is -0.462 e. The Morgan fingerprint density at radius 1 is 0.686 bits per heavy atom. The van der Waals surface area contributed by atoms with Crippen LogP contribution in [0.1, 0.15) is 74.8 Å². The Kier molecular flexibility index (Phi) is 9.20. The summed E-state index contributed by atoms with van der Waals surface area (Å²) in [6.07, 6.45) is 14.7. The summed E-state index contributed by atoms with van der Waals surface area (Å²) >= 11 is 0. The lowest BCUT2D eigenvalue weighted by Crippen LogP contribution is -2.22. The van der Waals surface area contributed by atoms with Crippen LogP contribution in [0.25, 0.3) is 29.9 Å². The Bertz CT molecular complexity index is 2490. The monoisotopic (exact) mass is 693 g/mol. The molecular weight excluding hydrogens is 647 g/mol. The summed E-state index contributed by atoms with van der Waals surface area (Å²) in [5.74, 6) is -0.286. The van der Waals surface area contributed by atoms with Crippen LogP contribution < -0.4 is 21.4 Å². The van der Waals surface area contributed by atoms with Crippen LogP contribution in [0.5, 0.6) is 0 Å². The van der Waals surface area contributed by atoms with E-state index >= 15 is 0 Å². The molecule has 2 aliphatic rings. The fraction of sp³-hybridized carbons (Fsp3) is 0.256. The summed E-state index contributed by atoms with van der Waals surface area (Å²) in [6, 6.07) is 17.1. The molecule has 6 heterocycles. The number of allylic oxidation sites excluding steroid dienone is 2. The fourth-order valence-electron chi connectivity index (χ4n) is 7.00. The normalized spacial score (nSPS) is 18.1. The quantitative estimate of drug-likeness (QED) is 0.119. The zero-order valence-corrected chi connectivity index (χ0v) is 31.7. The number of aromatic nitrogens is 4. The average molecular weight is 694 g/mol. The van der Waals surface area contributed by atoms with Crippen molar-refractivity contribution in [2.75, 3.05) is 6.61 Å². The molecule has 5 aromatic rings. The van der Waals surface area contributed by atoms with Crippen molar-refractivity contribution in [3.8, 4) is 0 Å². The molecule has 2 aliphatic heterocycles. The van der Waals surface area contributed by atoms with Gasteiger partial charge in [0.1, 0.15) is 0 Å². The summed E-state index contributed by atoms with van der Waals surface area (Å²) in [4.78, 5) is 32.7. The molecule has 0 fully saturated rings. The highest BCUT2D eigenvalue weighted by Gasteiger charge is 2.19. The topological polar surface area (TPSA) is 102 Å². The van der Waals surface area contributed by atoms with Crippen LogP contribution >= 0.6 is 0 Å². The number of nitrogens with zero attached hydrogens (tertiary/aromatic N) is 1. The molecule has 0 aliphatic carbocycles. The van der Waals surface area contributed by atoms with Gasteiger partial charge in [-0.1, -0.05) is 45.6 Å². The largest absolute Gasteiger partial charge is 0.462 e. The zero-order chi connectivity index (χ0) is 35.9. The Labute approximate surface area is 300 Å². The smallest absolute Gasteiger partial charge is 0.338 e. The van der Waals surface area contributed by atoms with Crippen LogP contribution in [-0.2, 0) is 17.6 Å². The molecule has 1 aromatic carbocycles. The van der Waals surface area contributed by atoms with Gasteiger partial charge in [-0.05, 0) is 133 Å². The van der Waals surface area contributed by atoms with Gasteiger partial charge >= 0.3 is 5.97 Å². The number of carbonyl (C=O) groups is 1. The summed E-state index contributed by atoms with van der Waals surface area (Å²) in [5.41, 5.74) is 13.6. The van der Waals surface area contributed by atoms with E-state index in [-0.39, 0.29) is 5.97 Å². The number of aromatic amines is 4. The first-order chi connectivity index (χ1) is 24.5. The summed E-state index contributed by atoms with van der Waals surface area (Å²) < 4.78 is 5.63. The second kappa shape index (κ2) is 13.8. The molecule has 51 heavy (non-hydrogen) atoms.